The number of aliphatic hydroxyl groups is 1. The average Bonchev–Trinajstić information content (AvgIpc) is 3.08. The Labute approximate surface area is 154 Å². The molecule has 26 heavy (non-hydrogen) atoms. The maximum atomic E-state index is 12.7. The Morgan fingerprint density at radius 2 is 2.12 bits per heavy atom. The van der Waals surface area contributed by atoms with E-state index in [2.05, 4.69) is 20.4 Å². The first-order valence-electron chi connectivity index (χ1n) is 9.80. The standard InChI is InChI=1S/C19H29N5O2/c1-23(15-5-9-20-10-6-15)18(26)16-3-4-17(22-21-16)24-11-14(12-25)19(13-24)7-2-8-19/h3-4,14-15,20,25H,2,5-13H2,1H3. The van der Waals surface area contributed by atoms with Gasteiger partial charge in [-0.25, -0.2) is 0 Å². The van der Waals surface area contributed by atoms with Crippen LogP contribution in [0.2, 0.25) is 0 Å². The molecule has 2 aliphatic heterocycles. The predicted octanol–water partition coefficient (Wildman–Crippen LogP) is 0.899. The molecule has 1 amide bonds. The molecule has 1 atom stereocenters. The third kappa shape index (κ3) is 3.07. The minimum absolute atomic E-state index is 0.0546. The number of carbonyl (C=O) groups excluding carboxylic acids is 1. The highest BCUT2D eigenvalue weighted by molar-refractivity contribution is 5.92. The quantitative estimate of drug-likeness (QED) is 0.831. The Kier molecular flexibility index (Phi) is 4.84. The van der Waals surface area contributed by atoms with Crippen molar-refractivity contribution in [3.63, 3.8) is 0 Å². The van der Waals surface area contributed by atoms with E-state index in [1.807, 2.05) is 18.0 Å². The van der Waals surface area contributed by atoms with Crippen molar-refractivity contribution < 1.29 is 9.90 Å². The van der Waals surface area contributed by atoms with Gasteiger partial charge in [0.25, 0.3) is 5.91 Å². The topological polar surface area (TPSA) is 81.6 Å². The molecule has 1 unspecified atom stereocenters. The number of rotatable bonds is 4. The van der Waals surface area contributed by atoms with E-state index in [-0.39, 0.29) is 24.0 Å². The summed E-state index contributed by atoms with van der Waals surface area (Å²) in [5, 5.41) is 21.6. The second-order valence-electron chi connectivity index (χ2n) is 8.15. The fourth-order valence-corrected chi connectivity index (χ4v) is 4.81. The van der Waals surface area contributed by atoms with Crippen LogP contribution in [0.15, 0.2) is 12.1 Å². The molecule has 0 bridgehead atoms. The zero-order valence-corrected chi connectivity index (χ0v) is 15.5. The monoisotopic (exact) mass is 359 g/mol. The van der Waals surface area contributed by atoms with Crippen LogP contribution in [0.25, 0.3) is 0 Å². The van der Waals surface area contributed by atoms with Gasteiger partial charge in [0.2, 0.25) is 0 Å². The summed E-state index contributed by atoms with van der Waals surface area (Å²) in [4.78, 5) is 16.7. The van der Waals surface area contributed by atoms with E-state index in [1.165, 1.54) is 19.3 Å². The second kappa shape index (κ2) is 7.12. The van der Waals surface area contributed by atoms with Gasteiger partial charge in [0.15, 0.2) is 11.5 Å². The van der Waals surface area contributed by atoms with Crippen LogP contribution in [0.3, 0.4) is 0 Å². The van der Waals surface area contributed by atoms with Crippen molar-refractivity contribution in [1.29, 1.82) is 0 Å². The number of anilines is 1. The summed E-state index contributed by atoms with van der Waals surface area (Å²) in [6.45, 7) is 3.91. The lowest BCUT2D eigenvalue weighted by Gasteiger charge is -2.42. The number of amides is 1. The van der Waals surface area contributed by atoms with Crippen molar-refractivity contribution in [3.8, 4) is 0 Å². The highest BCUT2D eigenvalue weighted by Gasteiger charge is 2.50. The van der Waals surface area contributed by atoms with Gasteiger partial charge in [0.05, 0.1) is 0 Å². The first-order valence-corrected chi connectivity index (χ1v) is 9.80. The summed E-state index contributed by atoms with van der Waals surface area (Å²) in [6.07, 6.45) is 5.60. The van der Waals surface area contributed by atoms with E-state index < -0.39 is 0 Å². The molecule has 1 aliphatic carbocycles. The number of nitrogens with zero attached hydrogens (tertiary/aromatic N) is 4. The summed E-state index contributed by atoms with van der Waals surface area (Å²) >= 11 is 0. The van der Waals surface area contributed by atoms with Crippen LogP contribution in [-0.2, 0) is 0 Å². The predicted molar refractivity (Wildman–Crippen MR) is 99.1 cm³/mol. The molecule has 0 radical (unpaired) electrons. The van der Waals surface area contributed by atoms with Gasteiger partial charge < -0.3 is 20.2 Å². The highest BCUT2D eigenvalue weighted by atomic mass is 16.3. The van der Waals surface area contributed by atoms with Gasteiger partial charge in [0, 0.05) is 38.7 Å². The molecule has 142 valence electrons. The van der Waals surface area contributed by atoms with Gasteiger partial charge in [-0.05, 0) is 56.3 Å². The van der Waals surface area contributed by atoms with Gasteiger partial charge in [-0.15, -0.1) is 10.2 Å². The lowest BCUT2D eigenvalue weighted by Crippen LogP contribution is -2.44. The van der Waals surface area contributed by atoms with Gasteiger partial charge in [0.1, 0.15) is 0 Å². The van der Waals surface area contributed by atoms with Crippen molar-refractivity contribution in [3.05, 3.63) is 17.8 Å². The van der Waals surface area contributed by atoms with Crippen molar-refractivity contribution in [1.82, 2.24) is 20.4 Å². The van der Waals surface area contributed by atoms with E-state index in [1.54, 1.807) is 6.07 Å². The summed E-state index contributed by atoms with van der Waals surface area (Å²) < 4.78 is 0. The highest BCUT2D eigenvalue weighted by Crippen LogP contribution is 2.51. The van der Waals surface area contributed by atoms with Crippen molar-refractivity contribution in [2.75, 3.05) is 44.7 Å². The van der Waals surface area contributed by atoms with E-state index >= 15 is 0 Å². The number of aromatic nitrogens is 2. The zero-order chi connectivity index (χ0) is 18.1. The smallest absolute Gasteiger partial charge is 0.274 e. The Morgan fingerprint density at radius 3 is 2.65 bits per heavy atom. The van der Waals surface area contributed by atoms with Gasteiger partial charge in [-0.2, -0.15) is 0 Å². The van der Waals surface area contributed by atoms with Crippen LogP contribution < -0.4 is 10.2 Å². The summed E-state index contributed by atoms with van der Waals surface area (Å²) in [5.74, 6) is 1.08. The molecular weight excluding hydrogens is 330 g/mol. The Balaban J connectivity index is 1.43. The molecule has 2 saturated heterocycles. The molecule has 1 aromatic rings. The third-order valence-electron chi connectivity index (χ3n) is 6.75. The number of aliphatic hydroxyl groups excluding tert-OH is 1. The molecule has 3 fully saturated rings. The van der Waals surface area contributed by atoms with Crippen LogP contribution in [0, 0.1) is 11.3 Å². The fraction of sp³-hybridized carbons (Fsp3) is 0.737. The fourth-order valence-electron chi connectivity index (χ4n) is 4.81. The minimum Gasteiger partial charge on any atom is -0.396 e. The minimum atomic E-state index is -0.0546. The van der Waals surface area contributed by atoms with E-state index in [9.17, 15) is 9.90 Å². The number of piperidine rings is 1. The summed E-state index contributed by atoms with van der Waals surface area (Å²) in [6, 6.07) is 3.97. The molecule has 1 saturated carbocycles. The summed E-state index contributed by atoms with van der Waals surface area (Å²) in [7, 11) is 1.86. The van der Waals surface area contributed by atoms with Gasteiger partial charge >= 0.3 is 0 Å². The number of carbonyl (C=O) groups is 1. The molecule has 3 heterocycles. The molecule has 0 aromatic carbocycles. The van der Waals surface area contributed by atoms with E-state index in [4.69, 9.17) is 0 Å². The number of hydrogen-bond donors (Lipinski definition) is 2. The lowest BCUT2D eigenvalue weighted by atomic mass is 9.63. The maximum Gasteiger partial charge on any atom is 0.274 e. The largest absolute Gasteiger partial charge is 0.396 e. The van der Waals surface area contributed by atoms with E-state index in [0.717, 1.165) is 44.8 Å². The van der Waals surface area contributed by atoms with Crippen LogP contribution in [0.1, 0.15) is 42.6 Å². The third-order valence-corrected chi connectivity index (χ3v) is 6.75. The molecular formula is C19H29N5O2. The first-order chi connectivity index (χ1) is 12.6. The number of hydrogen-bond acceptors (Lipinski definition) is 6. The first kappa shape index (κ1) is 17.7. The van der Waals surface area contributed by atoms with Crippen molar-refractivity contribution in [2.45, 2.75) is 38.1 Å². The molecule has 1 aromatic heterocycles. The van der Waals surface area contributed by atoms with Crippen molar-refractivity contribution in [2.24, 2.45) is 11.3 Å². The van der Waals surface area contributed by atoms with Crippen LogP contribution in [-0.4, -0.2) is 72.0 Å². The maximum absolute atomic E-state index is 12.7. The Hall–Kier alpha value is -1.73. The molecule has 2 N–H and O–H groups in total. The van der Waals surface area contributed by atoms with Crippen LogP contribution >= 0.6 is 0 Å². The molecule has 3 aliphatic rings. The Bertz CT molecular complexity index is 640. The second-order valence-corrected chi connectivity index (χ2v) is 8.15. The molecule has 7 nitrogen and oxygen atoms in total. The van der Waals surface area contributed by atoms with Crippen LogP contribution in [0.4, 0.5) is 5.82 Å². The molecule has 7 heteroatoms. The van der Waals surface area contributed by atoms with E-state index in [0.29, 0.717) is 11.6 Å². The van der Waals surface area contributed by atoms with Crippen LogP contribution in [0.5, 0.6) is 0 Å². The summed E-state index contributed by atoms with van der Waals surface area (Å²) in [5.41, 5.74) is 0.672. The SMILES string of the molecule is CN(C(=O)c1ccc(N2CC(CO)C3(CCC3)C2)nn1)C1CCNCC1. The average molecular weight is 359 g/mol. The van der Waals surface area contributed by atoms with Crippen molar-refractivity contribution >= 4 is 11.7 Å². The lowest BCUT2D eigenvalue weighted by molar-refractivity contribution is 0.0571. The molecule has 4 rings (SSSR count). The number of nitrogens with one attached hydrogen (secondary N) is 1. The van der Waals surface area contributed by atoms with Gasteiger partial charge in [-0.3, -0.25) is 4.79 Å². The Morgan fingerprint density at radius 1 is 1.35 bits per heavy atom. The molecule has 1 spiro atoms. The normalized spacial score (nSPS) is 25.3. The zero-order valence-electron chi connectivity index (χ0n) is 15.5. The van der Waals surface area contributed by atoms with Gasteiger partial charge in [-0.1, -0.05) is 6.42 Å².